The molecular formula is C10H16BrN3O. The minimum atomic E-state index is 0.337. The van der Waals surface area contributed by atoms with Gasteiger partial charge in [-0.25, -0.2) is 0 Å². The third kappa shape index (κ3) is 2.95. The number of rotatable bonds is 3. The third-order valence-electron chi connectivity index (χ3n) is 2.94. The van der Waals surface area contributed by atoms with Crippen molar-refractivity contribution in [1.29, 1.82) is 0 Å². The largest absolute Gasteiger partial charge is 0.381 e. The van der Waals surface area contributed by atoms with Gasteiger partial charge in [0.2, 0.25) is 0 Å². The van der Waals surface area contributed by atoms with Crippen LogP contribution in [-0.2, 0) is 4.74 Å². The highest BCUT2D eigenvalue weighted by atomic mass is 79.9. The van der Waals surface area contributed by atoms with Crippen LogP contribution in [0.25, 0.3) is 0 Å². The lowest BCUT2D eigenvalue weighted by molar-refractivity contribution is 0.0300. The number of nitrogens with one attached hydrogen (secondary N) is 2. The maximum absolute atomic E-state index is 5.36. The number of hydrogen-bond acceptors (Lipinski definition) is 3. The SMILES string of the molecule is CC1(CNc2cc(Br)[nH]n2)CCOCC1. The summed E-state index contributed by atoms with van der Waals surface area (Å²) in [5, 5.41) is 10.3. The number of hydrogen-bond donors (Lipinski definition) is 2. The minimum absolute atomic E-state index is 0.337. The summed E-state index contributed by atoms with van der Waals surface area (Å²) in [6, 6.07) is 1.95. The van der Waals surface area contributed by atoms with Crippen LogP contribution < -0.4 is 5.32 Å². The zero-order valence-electron chi connectivity index (χ0n) is 8.85. The van der Waals surface area contributed by atoms with Gasteiger partial charge in [-0.3, -0.25) is 5.10 Å². The van der Waals surface area contributed by atoms with Crippen molar-refractivity contribution in [3.8, 4) is 0 Å². The standard InChI is InChI=1S/C10H16BrN3O/c1-10(2-4-15-5-3-10)7-12-9-6-8(11)13-14-9/h6H,2-5,7H2,1H3,(H2,12,13,14). The summed E-state index contributed by atoms with van der Waals surface area (Å²) in [5.41, 5.74) is 0.337. The van der Waals surface area contributed by atoms with E-state index in [1.54, 1.807) is 0 Å². The number of nitrogens with zero attached hydrogens (tertiary/aromatic N) is 1. The van der Waals surface area contributed by atoms with Crippen molar-refractivity contribution in [2.24, 2.45) is 5.41 Å². The Hall–Kier alpha value is -0.550. The van der Waals surface area contributed by atoms with Crippen LogP contribution >= 0.6 is 15.9 Å². The van der Waals surface area contributed by atoms with Gasteiger partial charge in [0.05, 0.1) is 0 Å². The van der Waals surface area contributed by atoms with E-state index in [0.29, 0.717) is 5.41 Å². The highest BCUT2D eigenvalue weighted by Gasteiger charge is 2.27. The van der Waals surface area contributed by atoms with Crippen LogP contribution in [0.5, 0.6) is 0 Å². The fraction of sp³-hybridized carbons (Fsp3) is 0.700. The molecule has 0 radical (unpaired) electrons. The average molecular weight is 274 g/mol. The quantitative estimate of drug-likeness (QED) is 0.889. The summed E-state index contributed by atoms with van der Waals surface area (Å²) in [4.78, 5) is 0. The summed E-state index contributed by atoms with van der Waals surface area (Å²) in [5.74, 6) is 0.898. The molecule has 84 valence electrons. The van der Waals surface area contributed by atoms with Gasteiger partial charge in [0.25, 0.3) is 0 Å². The predicted molar refractivity (Wildman–Crippen MR) is 62.9 cm³/mol. The second kappa shape index (κ2) is 4.53. The first kappa shape index (κ1) is 11.0. The number of ether oxygens (including phenoxy) is 1. The number of H-pyrrole nitrogens is 1. The molecule has 1 aromatic heterocycles. The Morgan fingerprint density at radius 2 is 2.33 bits per heavy atom. The van der Waals surface area contributed by atoms with Gasteiger partial charge in [-0.2, -0.15) is 5.10 Å². The first-order valence-electron chi connectivity index (χ1n) is 5.21. The maximum atomic E-state index is 5.36. The van der Waals surface area contributed by atoms with Crippen LogP contribution in [0.4, 0.5) is 5.82 Å². The molecule has 2 N–H and O–H groups in total. The van der Waals surface area contributed by atoms with E-state index in [0.717, 1.165) is 43.0 Å². The fourth-order valence-corrected chi connectivity index (χ4v) is 2.04. The maximum Gasteiger partial charge on any atom is 0.148 e. The monoisotopic (exact) mass is 273 g/mol. The highest BCUT2D eigenvalue weighted by molar-refractivity contribution is 9.10. The van der Waals surface area contributed by atoms with Gasteiger partial charge in [-0.05, 0) is 34.2 Å². The third-order valence-corrected chi connectivity index (χ3v) is 3.35. The first-order chi connectivity index (χ1) is 7.18. The average Bonchev–Trinajstić information content (AvgIpc) is 2.63. The Balaban J connectivity index is 1.86. The molecule has 0 aliphatic carbocycles. The topological polar surface area (TPSA) is 49.9 Å². The molecule has 4 nitrogen and oxygen atoms in total. The number of halogens is 1. The molecule has 0 unspecified atom stereocenters. The molecule has 1 aliphatic heterocycles. The zero-order chi connectivity index (χ0) is 10.7. The van der Waals surface area contributed by atoms with Gasteiger partial charge in [0.1, 0.15) is 10.4 Å². The molecule has 2 rings (SSSR count). The van der Waals surface area contributed by atoms with Gasteiger partial charge < -0.3 is 10.1 Å². The second-order valence-corrected chi connectivity index (χ2v) is 5.23. The molecule has 0 bridgehead atoms. The van der Waals surface area contributed by atoms with Crippen molar-refractivity contribution in [2.75, 3.05) is 25.1 Å². The molecule has 1 aliphatic rings. The number of anilines is 1. The van der Waals surface area contributed by atoms with Crippen LogP contribution in [0, 0.1) is 5.41 Å². The van der Waals surface area contributed by atoms with Gasteiger partial charge in [0, 0.05) is 25.8 Å². The molecule has 1 aromatic rings. The molecular weight excluding hydrogens is 258 g/mol. The van der Waals surface area contributed by atoms with Crippen molar-refractivity contribution in [1.82, 2.24) is 10.2 Å². The normalized spacial score (nSPS) is 20.1. The Kier molecular flexibility index (Phi) is 3.31. The molecule has 1 saturated heterocycles. The van der Waals surface area contributed by atoms with E-state index in [-0.39, 0.29) is 0 Å². The van der Waals surface area contributed by atoms with Crippen LogP contribution in [0.3, 0.4) is 0 Å². The smallest absolute Gasteiger partial charge is 0.148 e. The van der Waals surface area contributed by atoms with Crippen molar-refractivity contribution >= 4 is 21.7 Å². The van der Waals surface area contributed by atoms with E-state index in [9.17, 15) is 0 Å². The molecule has 0 amide bonds. The Morgan fingerprint density at radius 1 is 1.60 bits per heavy atom. The summed E-state index contributed by atoms with van der Waals surface area (Å²) >= 11 is 3.33. The van der Waals surface area contributed by atoms with Gasteiger partial charge in [-0.1, -0.05) is 6.92 Å². The summed E-state index contributed by atoms with van der Waals surface area (Å²) in [6.07, 6.45) is 2.23. The fourth-order valence-electron chi connectivity index (χ4n) is 1.73. The molecule has 2 heterocycles. The minimum Gasteiger partial charge on any atom is -0.381 e. The van der Waals surface area contributed by atoms with Gasteiger partial charge in [-0.15, -0.1) is 0 Å². The molecule has 0 atom stereocenters. The van der Waals surface area contributed by atoms with E-state index in [1.807, 2.05) is 6.07 Å². The van der Waals surface area contributed by atoms with E-state index in [2.05, 4.69) is 38.4 Å². The molecule has 0 aromatic carbocycles. The molecule has 5 heteroatoms. The van der Waals surface area contributed by atoms with Crippen molar-refractivity contribution in [3.63, 3.8) is 0 Å². The molecule has 15 heavy (non-hydrogen) atoms. The van der Waals surface area contributed by atoms with E-state index in [4.69, 9.17) is 4.74 Å². The molecule has 0 spiro atoms. The Bertz CT molecular complexity index is 320. The first-order valence-corrected chi connectivity index (χ1v) is 6.00. The van der Waals surface area contributed by atoms with Crippen LogP contribution in [0.2, 0.25) is 0 Å². The summed E-state index contributed by atoms with van der Waals surface area (Å²) < 4.78 is 6.27. The van der Waals surface area contributed by atoms with Crippen LogP contribution in [-0.4, -0.2) is 30.0 Å². The van der Waals surface area contributed by atoms with E-state index in [1.165, 1.54) is 0 Å². The molecule has 0 saturated carbocycles. The van der Waals surface area contributed by atoms with Crippen molar-refractivity contribution < 1.29 is 4.74 Å². The lowest BCUT2D eigenvalue weighted by atomic mass is 9.82. The van der Waals surface area contributed by atoms with Crippen molar-refractivity contribution in [2.45, 2.75) is 19.8 Å². The van der Waals surface area contributed by atoms with Crippen LogP contribution in [0.15, 0.2) is 10.7 Å². The molecule has 1 fully saturated rings. The number of aromatic amines is 1. The Labute approximate surface area is 97.9 Å². The highest BCUT2D eigenvalue weighted by Crippen LogP contribution is 2.29. The van der Waals surface area contributed by atoms with E-state index < -0.39 is 0 Å². The van der Waals surface area contributed by atoms with Crippen molar-refractivity contribution in [3.05, 3.63) is 10.7 Å². The zero-order valence-corrected chi connectivity index (χ0v) is 10.4. The van der Waals surface area contributed by atoms with Gasteiger partial charge >= 0.3 is 0 Å². The second-order valence-electron chi connectivity index (χ2n) is 4.38. The van der Waals surface area contributed by atoms with E-state index >= 15 is 0 Å². The van der Waals surface area contributed by atoms with Gasteiger partial charge in [0.15, 0.2) is 0 Å². The number of aromatic nitrogens is 2. The lowest BCUT2D eigenvalue weighted by Gasteiger charge is -2.33. The Morgan fingerprint density at radius 3 is 2.93 bits per heavy atom. The lowest BCUT2D eigenvalue weighted by Crippen LogP contribution is -2.33. The summed E-state index contributed by atoms with van der Waals surface area (Å²) in [7, 11) is 0. The summed E-state index contributed by atoms with van der Waals surface area (Å²) in [6.45, 7) is 5.00. The van der Waals surface area contributed by atoms with Crippen LogP contribution in [0.1, 0.15) is 19.8 Å². The predicted octanol–water partition coefficient (Wildman–Crippen LogP) is 2.40.